The lowest BCUT2D eigenvalue weighted by Gasteiger charge is -2.36. The summed E-state index contributed by atoms with van der Waals surface area (Å²) in [6, 6.07) is 4.09. The minimum absolute atomic E-state index is 0. The van der Waals surface area contributed by atoms with Crippen LogP contribution in [-0.2, 0) is 6.54 Å². The molecule has 3 rings (SSSR count). The predicted octanol–water partition coefficient (Wildman–Crippen LogP) is 3.42. The van der Waals surface area contributed by atoms with Crippen LogP contribution in [0.2, 0.25) is 0 Å². The Balaban J connectivity index is 0.00000261. The van der Waals surface area contributed by atoms with Crippen molar-refractivity contribution in [2.45, 2.75) is 32.6 Å². The summed E-state index contributed by atoms with van der Waals surface area (Å²) in [7, 11) is 0. The van der Waals surface area contributed by atoms with Gasteiger partial charge >= 0.3 is 0 Å². The molecule has 3 heterocycles. The van der Waals surface area contributed by atoms with Crippen molar-refractivity contribution in [3.63, 3.8) is 0 Å². The predicted molar refractivity (Wildman–Crippen MR) is 124 cm³/mol. The molecule has 0 spiro atoms. The Bertz CT molecular complexity index is 701. The second kappa shape index (κ2) is 10.9. The third-order valence-electron chi connectivity index (χ3n) is 4.46. The quantitative estimate of drug-likeness (QED) is 0.388. The highest BCUT2D eigenvalue weighted by Gasteiger charge is 2.24. The summed E-state index contributed by atoms with van der Waals surface area (Å²) in [5, 5.41) is 4.12. The van der Waals surface area contributed by atoms with Crippen molar-refractivity contribution in [3.8, 4) is 5.82 Å². The normalized spacial score (nSPS) is 17.7. The van der Waals surface area contributed by atoms with Crippen LogP contribution >= 0.6 is 35.7 Å². The Hall–Kier alpha value is -1.29. The third kappa shape index (κ3) is 6.10. The summed E-state index contributed by atoms with van der Waals surface area (Å²) in [5.41, 5.74) is 1.11. The number of nitrogens with one attached hydrogen (secondary N) is 1. The molecule has 8 heteroatoms. The number of hydrogen-bond acceptors (Lipinski definition) is 4. The van der Waals surface area contributed by atoms with Gasteiger partial charge in [-0.05, 0) is 24.5 Å². The van der Waals surface area contributed by atoms with Crippen molar-refractivity contribution < 1.29 is 0 Å². The lowest BCUT2D eigenvalue weighted by Crippen LogP contribution is -2.49. The van der Waals surface area contributed by atoms with Crippen LogP contribution < -0.4 is 5.32 Å². The number of aliphatic imine (C=N–C) groups is 1. The van der Waals surface area contributed by atoms with E-state index in [1.807, 2.05) is 23.0 Å². The van der Waals surface area contributed by atoms with E-state index in [-0.39, 0.29) is 24.0 Å². The van der Waals surface area contributed by atoms with E-state index in [9.17, 15) is 0 Å². The van der Waals surface area contributed by atoms with Crippen LogP contribution in [0, 0.1) is 5.92 Å². The van der Waals surface area contributed by atoms with Crippen molar-refractivity contribution in [1.82, 2.24) is 24.8 Å². The molecule has 27 heavy (non-hydrogen) atoms. The number of nitrogens with zero attached hydrogens (tertiary/aromatic N) is 5. The zero-order chi connectivity index (χ0) is 18.4. The SMILES string of the molecule is CCNC(=NCc1ccc(-n2ccnc2)nc1)N1CCSC(C(C)C)C1.I. The molecule has 148 valence electrons. The molecular formula is C19H29IN6S. The maximum absolute atomic E-state index is 4.86. The van der Waals surface area contributed by atoms with Crippen molar-refractivity contribution in [2.24, 2.45) is 10.9 Å². The van der Waals surface area contributed by atoms with Crippen LogP contribution in [0.3, 0.4) is 0 Å². The fraction of sp³-hybridized carbons (Fsp3) is 0.526. The van der Waals surface area contributed by atoms with Crippen molar-refractivity contribution in [2.75, 3.05) is 25.4 Å². The van der Waals surface area contributed by atoms with Crippen LogP contribution in [0.4, 0.5) is 0 Å². The number of thioether (sulfide) groups is 1. The van der Waals surface area contributed by atoms with E-state index in [2.05, 4.69) is 58.8 Å². The van der Waals surface area contributed by atoms with Gasteiger partial charge in [0.1, 0.15) is 12.1 Å². The first-order valence-corrected chi connectivity index (χ1v) is 10.3. The van der Waals surface area contributed by atoms with Gasteiger partial charge in [-0.1, -0.05) is 19.9 Å². The number of guanidine groups is 1. The van der Waals surface area contributed by atoms with Gasteiger partial charge in [-0.2, -0.15) is 11.8 Å². The van der Waals surface area contributed by atoms with E-state index >= 15 is 0 Å². The van der Waals surface area contributed by atoms with Crippen molar-refractivity contribution >= 4 is 41.7 Å². The van der Waals surface area contributed by atoms with Crippen molar-refractivity contribution in [1.29, 1.82) is 0 Å². The molecule has 0 saturated carbocycles. The Morgan fingerprint density at radius 1 is 1.41 bits per heavy atom. The molecule has 6 nitrogen and oxygen atoms in total. The summed E-state index contributed by atoms with van der Waals surface area (Å²) in [4.78, 5) is 15.8. The Morgan fingerprint density at radius 2 is 2.26 bits per heavy atom. The van der Waals surface area contributed by atoms with E-state index in [0.717, 1.165) is 42.7 Å². The fourth-order valence-electron chi connectivity index (χ4n) is 2.92. The smallest absolute Gasteiger partial charge is 0.194 e. The number of rotatable bonds is 5. The number of imidazole rings is 1. The van der Waals surface area contributed by atoms with E-state index < -0.39 is 0 Å². The first kappa shape index (κ1) is 22.0. The monoisotopic (exact) mass is 500 g/mol. The minimum Gasteiger partial charge on any atom is -0.357 e. The van der Waals surface area contributed by atoms with E-state index in [0.29, 0.717) is 17.7 Å². The summed E-state index contributed by atoms with van der Waals surface area (Å²) in [6.07, 6.45) is 7.29. The number of pyridine rings is 1. The van der Waals surface area contributed by atoms with Gasteiger partial charge < -0.3 is 10.2 Å². The number of hydrogen-bond donors (Lipinski definition) is 1. The van der Waals surface area contributed by atoms with Gasteiger partial charge in [-0.25, -0.2) is 15.0 Å². The van der Waals surface area contributed by atoms with Gasteiger partial charge in [-0.3, -0.25) is 4.57 Å². The molecular weight excluding hydrogens is 471 g/mol. The lowest BCUT2D eigenvalue weighted by atomic mass is 10.1. The molecule has 2 aromatic rings. The molecule has 1 aliphatic heterocycles. The summed E-state index contributed by atoms with van der Waals surface area (Å²) in [6.45, 7) is 10.4. The van der Waals surface area contributed by atoms with E-state index in [1.165, 1.54) is 0 Å². The first-order chi connectivity index (χ1) is 12.7. The second-order valence-electron chi connectivity index (χ2n) is 6.76. The average Bonchev–Trinajstić information content (AvgIpc) is 3.20. The second-order valence-corrected chi connectivity index (χ2v) is 8.11. The fourth-order valence-corrected chi connectivity index (χ4v) is 4.22. The summed E-state index contributed by atoms with van der Waals surface area (Å²) >= 11 is 2.08. The molecule has 0 aromatic carbocycles. The summed E-state index contributed by atoms with van der Waals surface area (Å²) < 4.78 is 1.90. The minimum atomic E-state index is 0. The highest BCUT2D eigenvalue weighted by atomic mass is 127. The van der Waals surface area contributed by atoms with Crippen LogP contribution in [-0.4, -0.2) is 56.0 Å². The zero-order valence-corrected chi connectivity index (χ0v) is 19.4. The maximum Gasteiger partial charge on any atom is 0.194 e. The Morgan fingerprint density at radius 3 is 2.89 bits per heavy atom. The van der Waals surface area contributed by atoms with Gasteiger partial charge in [0.2, 0.25) is 0 Å². The largest absolute Gasteiger partial charge is 0.357 e. The van der Waals surface area contributed by atoms with E-state index in [1.54, 1.807) is 12.5 Å². The molecule has 0 aliphatic carbocycles. The van der Waals surface area contributed by atoms with Gasteiger partial charge in [-0.15, -0.1) is 24.0 Å². The lowest BCUT2D eigenvalue weighted by molar-refractivity contribution is 0.381. The molecule has 0 bridgehead atoms. The molecule has 2 aromatic heterocycles. The highest BCUT2D eigenvalue weighted by molar-refractivity contribution is 14.0. The van der Waals surface area contributed by atoms with Crippen molar-refractivity contribution in [3.05, 3.63) is 42.6 Å². The van der Waals surface area contributed by atoms with Gasteiger partial charge in [0, 0.05) is 49.2 Å². The van der Waals surface area contributed by atoms with Gasteiger partial charge in [0.25, 0.3) is 0 Å². The first-order valence-electron chi connectivity index (χ1n) is 9.25. The van der Waals surface area contributed by atoms with Crippen LogP contribution in [0.1, 0.15) is 26.3 Å². The standard InChI is InChI=1S/C19H28N6S.HI/c1-4-21-19(24-9-10-26-17(13-24)15(2)3)23-12-16-5-6-18(22-11-16)25-8-7-20-14-25;/h5-8,11,14-15,17H,4,9-10,12-13H2,1-3H3,(H,21,23);1H. The molecule has 1 unspecified atom stereocenters. The topological polar surface area (TPSA) is 58.3 Å². The zero-order valence-electron chi connectivity index (χ0n) is 16.2. The van der Waals surface area contributed by atoms with Crippen LogP contribution in [0.25, 0.3) is 5.82 Å². The van der Waals surface area contributed by atoms with E-state index in [4.69, 9.17) is 4.99 Å². The average molecular weight is 500 g/mol. The molecule has 1 N–H and O–H groups in total. The highest BCUT2D eigenvalue weighted by Crippen LogP contribution is 2.25. The number of halogens is 1. The molecule has 1 aliphatic rings. The molecule has 1 atom stereocenters. The van der Waals surface area contributed by atoms with Gasteiger partial charge in [0.15, 0.2) is 5.96 Å². The van der Waals surface area contributed by atoms with Crippen LogP contribution in [0.5, 0.6) is 0 Å². The third-order valence-corrected chi connectivity index (χ3v) is 6.00. The molecule has 0 radical (unpaired) electrons. The molecule has 0 amide bonds. The maximum atomic E-state index is 4.86. The summed E-state index contributed by atoms with van der Waals surface area (Å²) in [5.74, 6) is 3.73. The Kier molecular flexibility index (Phi) is 8.88. The van der Waals surface area contributed by atoms with Gasteiger partial charge in [0.05, 0.1) is 6.54 Å². The Labute approximate surface area is 183 Å². The van der Waals surface area contributed by atoms with Crippen LogP contribution in [0.15, 0.2) is 42.0 Å². The molecule has 1 fully saturated rings. The molecule has 1 saturated heterocycles. The number of aromatic nitrogens is 3.